The Morgan fingerprint density at radius 3 is 2.40 bits per heavy atom. The van der Waals surface area contributed by atoms with E-state index in [9.17, 15) is 40.3 Å². The molecule has 3 heterocycles. The molecule has 0 aliphatic heterocycles. The normalized spacial score (nSPS) is 17.8. The second-order valence-corrected chi connectivity index (χ2v) is 16.0. The van der Waals surface area contributed by atoms with Crippen molar-refractivity contribution in [3.8, 4) is 23.0 Å². The van der Waals surface area contributed by atoms with Crippen molar-refractivity contribution in [2.75, 3.05) is 4.72 Å². The summed E-state index contributed by atoms with van der Waals surface area (Å²) in [7, 11) is -2.90. The number of aryl methyl sites for hydroxylation is 1. The summed E-state index contributed by atoms with van der Waals surface area (Å²) in [6, 6.07) is 6.97. The Morgan fingerprint density at radius 1 is 1.11 bits per heavy atom. The molecule has 0 unspecified atom stereocenters. The molecule has 0 bridgehead atoms. The van der Waals surface area contributed by atoms with Gasteiger partial charge in [-0.2, -0.15) is 40.6 Å². The molecule has 0 saturated heterocycles. The van der Waals surface area contributed by atoms with Crippen LogP contribution in [0.4, 0.5) is 36.6 Å². The van der Waals surface area contributed by atoms with Gasteiger partial charge in [-0.15, -0.1) is 0 Å². The van der Waals surface area contributed by atoms with Crippen molar-refractivity contribution >= 4 is 44.4 Å². The number of amides is 1. The number of carbonyl (C=O) groups excluding carboxylic acids is 1. The number of alkyl halides is 5. The Labute approximate surface area is 324 Å². The largest absolute Gasteiger partial charge is 0.435 e. The van der Waals surface area contributed by atoms with Gasteiger partial charge in [0, 0.05) is 35.7 Å². The van der Waals surface area contributed by atoms with E-state index in [1.54, 1.807) is 0 Å². The SMILES string of the molecule is Cn1nc(NS(N)(=O)=O)c2c(Cl)ccc(-c3ccc(C#CC(C)(C)O)nc3[C@H](Cc3cc(F)cc(F)c3)NC(=O)Cn3nc(C(F)(F)F)c4c3C(F)(F)[C@@H]3C[C@H]43)c21. The number of nitrogens with zero attached hydrogens (tertiary/aromatic N) is 5. The number of pyridine rings is 1. The van der Waals surface area contributed by atoms with Crippen LogP contribution in [0.3, 0.4) is 0 Å². The zero-order chi connectivity index (χ0) is 41.6. The van der Waals surface area contributed by atoms with E-state index in [0.717, 1.165) is 12.1 Å². The van der Waals surface area contributed by atoms with Gasteiger partial charge in [-0.3, -0.25) is 18.9 Å². The van der Waals surface area contributed by atoms with Crippen LogP contribution in [-0.4, -0.2) is 49.6 Å². The number of benzene rings is 2. The molecule has 3 atom stereocenters. The second kappa shape index (κ2) is 13.7. The number of aromatic nitrogens is 5. The molecule has 12 nitrogen and oxygen atoms in total. The van der Waals surface area contributed by atoms with E-state index < -0.39 is 93.2 Å². The van der Waals surface area contributed by atoms with Crippen molar-refractivity contribution in [3.63, 3.8) is 0 Å². The number of carbonyl (C=O) groups is 1. The lowest BCUT2D eigenvalue weighted by Crippen LogP contribution is -2.35. The zero-order valence-electron chi connectivity index (χ0n) is 29.8. The summed E-state index contributed by atoms with van der Waals surface area (Å²) in [5.41, 5.74) is -4.09. The lowest BCUT2D eigenvalue weighted by Gasteiger charge is -2.23. The highest BCUT2D eigenvalue weighted by Crippen LogP contribution is 2.68. The van der Waals surface area contributed by atoms with Gasteiger partial charge in [-0.05, 0) is 74.4 Å². The minimum absolute atomic E-state index is 0.0194. The van der Waals surface area contributed by atoms with E-state index in [4.69, 9.17) is 16.7 Å². The number of anilines is 1. The van der Waals surface area contributed by atoms with Crippen molar-refractivity contribution < 1.29 is 49.1 Å². The summed E-state index contributed by atoms with van der Waals surface area (Å²) in [6.07, 6.45) is -5.68. The van der Waals surface area contributed by atoms with Crippen LogP contribution in [0.2, 0.25) is 5.02 Å². The Kier molecular flexibility index (Phi) is 9.62. The third-order valence-electron chi connectivity index (χ3n) is 9.41. The summed E-state index contributed by atoms with van der Waals surface area (Å²) >= 11 is 6.51. The van der Waals surface area contributed by atoms with E-state index in [1.165, 1.54) is 49.8 Å². The molecule has 57 heavy (non-hydrogen) atoms. The van der Waals surface area contributed by atoms with Crippen molar-refractivity contribution in [2.24, 2.45) is 18.1 Å². The van der Waals surface area contributed by atoms with E-state index in [2.05, 4.69) is 37.1 Å². The fourth-order valence-corrected chi connectivity index (χ4v) is 7.86. The number of rotatable bonds is 9. The third kappa shape index (κ3) is 7.88. The third-order valence-corrected chi connectivity index (χ3v) is 10.2. The van der Waals surface area contributed by atoms with Crippen molar-refractivity contribution in [1.82, 2.24) is 29.9 Å². The van der Waals surface area contributed by atoms with Crippen LogP contribution >= 0.6 is 11.6 Å². The van der Waals surface area contributed by atoms with Crippen LogP contribution in [0, 0.1) is 29.4 Å². The molecule has 2 aliphatic carbocycles. The van der Waals surface area contributed by atoms with Crippen molar-refractivity contribution in [1.29, 1.82) is 0 Å². The van der Waals surface area contributed by atoms with Gasteiger partial charge < -0.3 is 10.4 Å². The number of fused-ring (bicyclic) bond motifs is 4. The van der Waals surface area contributed by atoms with Gasteiger partial charge in [0.1, 0.15) is 35.2 Å². The summed E-state index contributed by atoms with van der Waals surface area (Å²) in [4.78, 5) is 18.5. The number of halogens is 8. The second-order valence-electron chi connectivity index (χ2n) is 14.3. The number of hydrogen-bond acceptors (Lipinski definition) is 7. The molecule has 5 N–H and O–H groups in total. The first-order chi connectivity index (χ1) is 26.4. The molecule has 7 rings (SSSR count). The van der Waals surface area contributed by atoms with Crippen LogP contribution in [0.1, 0.15) is 66.1 Å². The smallest absolute Gasteiger partial charge is 0.378 e. The summed E-state index contributed by atoms with van der Waals surface area (Å²) < 4.78 is 130. The first-order valence-corrected chi connectivity index (χ1v) is 18.9. The van der Waals surface area contributed by atoms with Gasteiger partial charge in [-0.25, -0.2) is 18.9 Å². The molecular weight excluding hydrogens is 809 g/mol. The molecule has 1 saturated carbocycles. The minimum atomic E-state index is -5.09. The van der Waals surface area contributed by atoms with Gasteiger partial charge in [0.2, 0.25) is 5.91 Å². The van der Waals surface area contributed by atoms with E-state index in [0.29, 0.717) is 10.7 Å². The minimum Gasteiger partial charge on any atom is -0.378 e. The van der Waals surface area contributed by atoms with Crippen molar-refractivity contribution in [3.05, 3.63) is 93.0 Å². The maximum Gasteiger partial charge on any atom is 0.435 e. The number of nitrogens with two attached hydrogens (primary N) is 1. The first-order valence-electron chi connectivity index (χ1n) is 16.9. The molecule has 0 spiro atoms. The molecule has 2 aliphatic rings. The fourth-order valence-electron chi connectivity index (χ4n) is 7.21. The number of aliphatic hydroxyl groups is 1. The maximum atomic E-state index is 15.4. The molecule has 5 aromatic rings. The zero-order valence-corrected chi connectivity index (χ0v) is 31.4. The summed E-state index contributed by atoms with van der Waals surface area (Å²) in [6.45, 7) is 1.70. The fraction of sp³-hybridized carbons (Fsp3) is 0.333. The van der Waals surface area contributed by atoms with Gasteiger partial charge in [-0.1, -0.05) is 23.6 Å². The van der Waals surface area contributed by atoms with Gasteiger partial charge in [0.05, 0.1) is 27.7 Å². The average molecular weight is 839 g/mol. The molecule has 2 aromatic carbocycles. The molecule has 1 fully saturated rings. The number of hydrogen-bond donors (Lipinski definition) is 4. The predicted octanol–water partition coefficient (Wildman–Crippen LogP) is 5.83. The van der Waals surface area contributed by atoms with Crippen LogP contribution < -0.4 is 15.2 Å². The monoisotopic (exact) mass is 838 g/mol. The van der Waals surface area contributed by atoms with Crippen LogP contribution in [0.25, 0.3) is 22.0 Å². The molecule has 3 aromatic heterocycles. The summed E-state index contributed by atoms with van der Waals surface area (Å²) in [5, 5.41) is 25.8. The Hall–Kier alpha value is -5.23. The highest BCUT2D eigenvalue weighted by Gasteiger charge is 2.68. The predicted molar refractivity (Wildman–Crippen MR) is 192 cm³/mol. The maximum absolute atomic E-state index is 15.4. The highest BCUT2D eigenvalue weighted by molar-refractivity contribution is 7.90. The Bertz CT molecular complexity index is 2640. The molecular formula is C36H30ClF7N8O4S. The lowest BCUT2D eigenvalue weighted by molar-refractivity contribution is -0.142. The average Bonchev–Trinajstić information content (AvgIpc) is 3.61. The highest BCUT2D eigenvalue weighted by atomic mass is 35.5. The van der Waals surface area contributed by atoms with Crippen LogP contribution in [-0.2, 0) is 47.1 Å². The van der Waals surface area contributed by atoms with Gasteiger partial charge in [0.25, 0.3) is 16.1 Å². The Morgan fingerprint density at radius 2 is 1.77 bits per heavy atom. The standard InChI is InChI=1S/C36H30ClF7N8O4S/c1-34(2,54)9-8-19-4-5-20(21-6-7-24(37)28-30(21)51(3)49-33(28)50-57(45,55)56)29(46-19)25(12-16-10-17(38)13-18(39)11-16)47-26(53)15-52-32-27(31(48-52)36(42,43)44)22-14-23(22)35(32,40)41/h4-7,10-11,13,22-23,25,54H,12,14-15H2,1-3H3,(H,47,53)(H,49,50)(H2,45,55,56)/t22-,23+,25-/m0/s1. The summed E-state index contributed by atoms with van der Waals surface area (Å²) in [5.74, 6) is -4.15. The molecule has 21 heteroatoms. The van der Waals surface area contributed by atoms with Crippen LogP contribution in [0.15, 0.2) is 42.5 Å². The first kappa shape index (κ1) is 40.0. The molecule has 0 radical (unpaired) electrons. The van der Waals surface area contributed by atoms with Gasteiger partial charge >= 0.3 is 6.18 Å². The molecule has 300 valence electrons. The quantitative estimate of drug-likeness (QED) is 0.107. The molecule has 1 amide bonds. The topological polar surface area (TPSA) is 170 Å². The number of nitrogens with one attached hydrogen (secondary N) is 2. The Balaban J connectivity index is 1.39. The van der Waals surface area contributed by atoms with Crippen LogP contribution in [0.5, 0.6) is 0 Å². The van der Waals surface area contributed by atoms with E-state index in [1.807, 2.05) is 0 Å². The van der Waals surface area contributed by atoms with Crippen molar-refractivity contribution in [2.45, 2.75) is 62.9 Å². The lowest BCUT2D eigenvalue weighted by atomic mass is 9.93. The van der Waals surface area contributed by atoms with Gasteiger partial charge in [0.15, 0.2) is 11.5 Å². The van der Waals surface area contributed by atoms with E-state index in [-0.39, 0.29) is 56.2 Å². The van der Waals surface area contributed by atoms with E-state index >= 15 is 8.78 Å².